The molecule has 2 aromatic rings. The zero-order chi connectivity index (χ0) is 14.5. The molecule has 0 fully saturated rings. The molecule has 1 aliphatic heterocycles. The molecule has 0 bridgehead atoms. The van der Waals surface area contributed by atoms with Gasteiger partial charge in [0.25, 0.3) is 0 Å². The number of nitrogens with one attached hydrogen (secondary N) is 1. The quantitative estimate of drug-likeness (QED) is 0.903. The van der Waals surface area contributed by atoms with Crippen LogP contribution in [0.2, 0.25) is 0 Å². The number of para-hydroxylation sites is 1. The largest absolute Gasteiger partial charge is 0.367 e. The van der Waals surface area contributed by atoms with Crippen LogP contribution in [-0.4, -0.2) is 20.1 Å². The third-order valence-corrected chi connectivity index (χ3v) is 4.27. The van der Waals surface area contributed by atoms with Crippen LogP contribution in [0.3, 0.4) is 0 Å². The minimum atomic E-state index is 1.02. The summed E-state index contributed by atoms with van der Waals surface area (Å²) < 4.78 is 0. The Morgan fingerprint density at radius 1 is 1.00 bits per heavy atom. The van der Waals surface area contributed by atoms with Gasteiger partial charge >= 0.3 is 0 Å². The second kappa shape index (κ2) is 6.77. The molecule has 3 rings (SSSR count). The van der Waals surface area contributed by atoms with Crippen LogP contribution in [-0.2, 0) is 19.4 Å². The van der Waals surface area contributed by atoms with Gasteiger partial charge < -0.3 is 10.2 Å². The van der Waals surface area contributed by atoms with Gasteiger partial charge in [0.2, 0.25) is 0 Å². The molecule has 0 radical (unpaired) electrons. The maximum absolute atomic E-state index is 3.20. The van der Waals surface area contributed by atoms with E-state index in [4.69, 9.17) is 0 Å². The van der Waals surface area contributed by atoms with Gasteiger partial charge in [0.05, 0.1) is 0 Å². The van der Waals surface area contributed by atoms with E-state index >= 15 is 0 Å². The van der Waals surface area contributed by atoms with Crippen molar-refractivity contribution in [1.29, 1.82) is 0 Å². The molecule has 0 saturated carbocycles. The Labute approximate surface area is 127 Å². The first-order valence-electron chi connectivity index (χ1n) is 7.92. The predicted molar refractivity (Wildman–Crippen MR) is 89.9 cm³/mol. The van der Waals surface area contributed by atoms with Crippen molar-refractivity contribution in [3.63, 3.8) is 0 Å². The first kappa shape index (κ1) is 14.2. The molecule has 21 heavy (non-hydrogen) atoms. The van der Waals surface area contributed by atoms with E-state index in [1.807, 2.05) is 7.05 Å². The van der Waals surface area contributed by atoms with Crippen LogP contribution in [0.5, 0.6) is 0 Å². The van der Waals surface area contributed by atoms with Crippen molar-refractivity contribution in [3.05, 3.63) is 65.2 Å². The fourth-order valence-corrected chi connectivity index (χ4v) is 3.08. The van der Waals surface area contributed by atoms with E-state index in [2.05, 4.69) is 58.7 Å². The first-order chi connectivity index (χ1) is 10.4. The van der Waals surface area contributed by atoms with Gasteiger partial charge in [-0.3, -0.25) is 0 Å². The monoisotopic (exact) mass is 280 g/mol. The van der Waals surface area contributed by atoms with E-state index in [9.17, 15) is 0 Å². The van der Waals surface area contributed by atoms with Gasteiger partial charge in [-0.25, -0.2) is 0 Å². The Kier molecular flexibility index (Phi) is 4.56. The molecule has 0 saturated heterocycles. The summed E-state index contributed by atoms with van der Waals surface area (Å²) in [5, 5.41) is 3.20. The van der Waals surface area contributed by atoms with Gasteiger partial charge in [0, 0.05) is 18.8 Å². The minimum absolute atomic E-state index is 1.02. The molecule has 2 nitrogen and oxygen atoms in total. The van der Waals surface area contributed by atoms with Crippen LogP contribution in [0.15, 0.2) is 48.5 Å². The lowest BCUT2D eigenvalue weighted by atomic mass is 10.0. The van der Waals surface area contributed by atoms with Gasteiger partial charge in [-0.15, -0.1) is 0 Å². The van der Waals surface area contributed by atoms with Crippen molar-refractivity contribution >= 4 is 5.69 Å². The third kappa shape index (κ3) is 3.45. The van der Waals surface area contributed by atoms with Crippen molar-refractivity contribution in [2.45, 2.75) is 25.8 Å². The number of rotatable bonds is 5. The maximum atomic E-state index is 3.20. The van der Waals surface area contributed by atoms with Gasteiger partial charge in [-0.1, -0.05) is 42.5 Å². The molecule has 1 N–H and O–H groups in total. The fraction of sp³-hybridized carbons (Fsp3) is 0.368. The molecular weight excluding hydrogens is 256 g/mol. The normalized spacial score (nSPS) is 14.0. The molecule has 1 heterocycles. The number of hydrogen-bond donors (Lipinski definition) is 1. The highest BCUT2D eigenvalue weighted by atomic mass is 15.1. The van der Waals surface area contributed by atoms with Crippen LogP contribution in [0.1, 0.15) is 23.1 Å². The number of aryl methyl sites for hydroxylation is 1. The van der Waals surface area contributed by atoms with Gasteiger partial charge in [0.15, 0.2) is 0 Å². The van der Waals surface area contributed by atoms with E-state index in [0.29, 0.717) is 0 Å². The molecule has 2 heteroatoms. The molecule has 0 unspecified atom stereocenters. The lowest BCUT2D eigenvalue weighted by Gasteiger charge is -2.31. The van der Waals surface area contributed by atoms with Crippen LogP contribution < -0.4 is 10.2 Å². The van der Waals surface area contributed by atoms with Gasteiger partial charge in [-0.05, 0) is 55.6 Å². The Morgan fingerprint density at radius 3 is 2.57 bits per heavy atom. The summed E-state index contributed by atoms with van der Waals surface area (Å²) >= 11 is 0. The lowest BCUT2D eigenvalue weighted by Crippen LogP contribution is -2.28. The van der Waals surface area contributed by atoms with Gasteiger partial charge in [-0.2, -0.15) is 0 Å². The smallest absolute Gasteiger partial charge is 0.0429 e. The van der Waals surface area contributed by atoms with Crippen molar-refractivity contribution in [3.8, 4) is 0 Å². The Bertz CT molecular complexity index is 574. The van der Waals surface area contributed by atoms with E-state index in [0.717, 1.165) is 19.5 Å². The second-order valence-electron chi connectivity index (χ2n) is 5.82. The highest BCUT2D eigenvalue weighted by Crippen LogP contribution is 2.28. The van der Waals surface area contributed by atoms with Crippen LogP contribution in [0, 0.1) is 0 Å². The van der Waals surface area contributed by atoms with E-state index < -0.39 is 0 Å². The molecule has 2 aromatic carbocycles. The Balaban J connectivity index is 1.70. The van der Waals surface area contributed by atoms with Gasteiger partial charge in [0.1, 0.15) is 0 Å². The molecule has 0 atom stereocenters. The van der Waals surface area contributed by atoms with Crippen LogP contribution >= 0.6 is 0 Å². The highest BCUT2D eigenvalue weighted by molar-refractivity contribution is 5.55. The van der Waals surface area contributed by atoms with Crippen LogP contribution in [0.25, 0.3) is 0 Å². The summed E-state index contributed by atoms with van der Waals surface area (Å²) in [6.45, 7) is 3.22. The zero-order valence-corrected chi connectivity index (χ0v) is 12.8. The summed E-state index contributed by atoms with van der Waals surface area (Å²) in [5.41, 5.74) is 5.73. The summed E-state index contributed by atoms with van der Waals surface area (Å²) in [4.78, 5) is 2.52. The first-order valence-corrected chi connectivity index (χ1v) is 7.92. The van der Waals surface area contributed by atoms with E-state index in [1.165, 1.54) is 41.8 Å². The summed E-state index contributed by atoms with van der Waals surface area (Å²) in [5.74, 6) is 0. The average molecular weight is 280 g/mol. The number of anilines is 1. The number of nitrogens with zero attached hydrogens (tertiary/aromatic N) is 1. The summed E-state index contributed by atoms with van der Waals surface area (Å²) in [7, 11) is 2.00. The SMILES string of the molecule is CNCCc1ccc(CN2CCCc3ccccc32)cc1. The Hall–Kier alpha value is -1.80. The zero-order valence-electron chi connectivity index (χ0n) is 12.8. The number of fused-ring (bicyclic) bond motifs is 1. The van der Waals surface area contributed by atoms with E-state index in [1.54, 1.807) is 0 Å². The van der Waals surface area contributed by atoms with Crippen molar-refractivity contribution in [2.24, 2.45) is 0 Å². The van der Waals surface area contributed by atoms with E-state index in [-0.39, 0.29) is 0 Å². The predicted octanol–water partition coefficient (Wildman–Crippen LogP) is 3.40. The topological polar surface area (TPSA) is 15.3 Å². The molecule has 0 amide bonds. The highest BCUT2D eigenvalue weighted by Gasteiger charge is 2.15. The number of benzene rings is 2. The second-order valence-corrected chi connectivity index (χ2v) is 5.82. The standard InChI is InChI=1S/C19H24N2/c1-20-13-12-16-8-10-17(11-9-16)15-21-14-4-6-18-5-2-3-7-19(18)21/h2-3,5,7-11,20H,4,6,12-15H2,1H3. The van der Waals surface area contributed by atoms with Crippen molar-refractivity contribution in [2.75, 3.05) is 25.0 Å². The average Bonchev–Trinajstić information content (AvgIpc) is 2.55. The number of hydrogen-bond acceptors (Lipinski definition) is 2. The molecule has 0 spiro atoms. The van der Waals surface area contributed by atoms with Crippen molar-refractivity contribution < 1.29 is 0 Å². The Morgan fingerprint density at radius 2 is 1.76 bits per heavy atom. The molecule has 110 valence electrons. The lowest BCUT2D eigenvalue weighted by molar-refractivity contribution is 0.691. The third-order valence-electron chi connectivity index (χ3n) is 4.27. The molecule has 1 aliphatic rings. The maximum Gasteiger partial charge on any atom is 0.0429 e. The molecule has 0 aliphatic carbocycles. The molecule has 0 aromatic heterocycles. The van der Waals surface area contributed by atoms with Crippen molar-refractivity contribution in [1.82, 2.24) is 5.32 Å². The molecular formula is C19H24N2. The van der Waals surface area contributed by atoms with Crippen LogP contribution in [0.4, 0.5) is 5.69 Å². The minimum Gasteiger partial charge on any atom is -0.367 e. The number of likely N-dealkylation sites (N-methyl/N-ethyl adjacent to an activating group) is 1. The summed E-state index contributed by atoms with van der Waals surface area (Å²) in [6.07, 6.45) is 3.58. The summed E-state index contributed by atoms with van der Waals surface area (Å²) in [6, 6.07) is 17.9. The fourth-order valence-electron chi connectivity index (χ4n) is 3.08.